The van der Waals surface area contributed by atoms with Gasteiger partial charge in [0.2, 0.25) is 0 Å². The first-order valence-electron chi connectivity index (χ1n) is 9.52. The molecule has 0 aromatic rings. The van der Waals surface area contributed by atoms with E-state index in [1.165, 1.54) is 12.7 Å². The van der Waals surface area contributed by atoms with Gasteiger partial charge in [-0.15, -0.1) is 11.6 Å². The van der Waals surface area contributed by atoms with Crippen molar-refractivity contribution in [2.45, 2.75) is 78.0 Å². The predicted molar refractivity (Wildman–Crippen MR) is 108 cm³/mol. The molecule has 146 valence electrons. The summed E-state index contributed by atoms with van der Waals surface area (Å²) < 4.78 is 4.71. The van der Waals surface area contributed by atoms with Crippen molar-refractivity contribution in [2.75, 3.05) is 7.11 Å². The van der Waals surface area contributed by atoms with Crippen LogP contribution in [0.4, 0.5) is 0 Å². The fourth-order valence-corrected chi connectivity index (χ4v) is 4.73. The van der Waals surface area contributed by atoms with Crippen LogP contribution in [-0.4, -0.2) is 18.0 Å². The lowest BCUT2D eigenvalue weighted by Gasteiger charge is -2.51. The quantitative estimate of drug-likeness (QED) is 0.229. The van der Waals surface area contributed by atoms with Gasteiger partial charge in [0.25, 0.3) is 0 Å². The van der Waals surface area contributed by atoms with E-state index in [1.807, 2.05) is 6.08 Å². The third-order valence-corrected chi connectivity index (χ3v) is 6.65. The van der Waals surface area contributed by atoms with E-state index < -0.39 is 0 Å². The molecule has 4 heteroatoms. The molecule has 1 rings (SSSR count). The van der Waals surface area contributed by atoms with Crippen LogP contribution in [0.5, 0.6) is 0 Å². The minimum Gasteiger partial charge on any atom is -0.466 e. The monoisotopic (exact) mass is 379 g/mol. The van der Waals surface area contributed by atoms with Crippen LogP contribution in [-0.2, 0) is 9.53 Å². The van der Waals surface area contributed by atoms with Crippen LogP contribution in [0.25, 0.3) is 0 Å². The van der Waals surface area contributed by atoms with E-state index in [0.717, 1.165) is 32.1 Å². The normalized spacial score (nSPS) is 29.2. The number of rotatable bonds is 7. The number of carbonyl (C=O) groups is 1. The third-order valence-electron chi connectivity index (χ3n) is 6.20. The first-order valence-corrected chi connectivity index (χ1v) is 9.90. The van der Waals surface area contributed by atoms with Gasteiger partial charge < -0.3 is 4.74 Å². The highest BCUT2D eigenvalue weighted by Gasteiger charge is 2.49. The molecule has 0 aromatic heterocycles. The molecule has 26 heavy (non-hydrogen) atoms. The second-order valence-electron chi connectivity index (χ2n) is 8.45. The number of ether oxygens (including phenoxy) is 1. The van der Waals surface area contributed by atoms with Crippen molar-refractivity contribution in [1.82, 2.24) is 0 Å². The van der Waals surface area contributed by atoms with E-state index in [-0.39, 0.29) is 22.2 Å². The van der Waals surface area contributed by atoms with Crippen LogP contribution in [0.1, 0.15) is 73.1 Å². The van der Waals surface area contributed by atoms with Crippen molar-refractivity contribution in [1.29, 1.82) is 5.26 Å². The topological polar surface area (TPSA) is 50.1 Å². The molecule has 3 atom stereocenters. The van der Waals surface area contributed by atoms with Crippen LogP contribution >= 0.6 is 11.6 Å². The minimum absolute atomic E-state index is 0.0443. The molecule has 0 aromatic carbocycles. The maximum absolute atomic E-state index is 11.4. The van der Waals surface area contributed by atoms with Crippen LogP contribution in [0.3, 0.4) is 0 Å². The minimum atomic E-state index is -0.287. The van der Waals surface area contributed by atoms with Crippen molar-refractivity contribution < 1.29 is 9.53 Å². The molecule has 0 heterocycles. The van der Waals surface area contributed by atoms with Gasteiger partial charge in [-0.1, -0.05) is 31.6 Å². The Morgan fingerprint density at radius 3 is 2.54 bits per heavy atom. The summed E-state index contributed by atoms with van der Waals surface area (Å²) in [6, 6.07) is 2.34. The SMILES string of the molecule is COC(=O)/C(C)=C/CC/C(C)=C/C[C@@H]1CC[C@@](C)(Cl)[C@H](CC#N)C1(C)C. The zero-order valence-corrected chi connectivity index (χ0v) is 17.9. The summed E-state index contributed by atoms with van der Waals surface area (Å²) in [6.45, 7) is 10.6. The van der Waals surface area contributed by atoms with Crippen LogP contribution in [0, 0.1) is 28.6 Å². The predicted octanol–water partition coefficient (Wildman–Crippen LogP) is 6.19. The molecular weight excluding hydrogens is 346 g/mol. The molecule has 1 aliphatic carbocycles. The van der Waals surface area contributed by atoms with Gasteiger partial charge in [0.1, 0.15) is 0 Å². The number of halogens is 1. The first kappa shape index (κ1) is 22.8. The lowest BCUT2D eigenvalue weighted by atomic mass is 9.56. The summed E-state index contributed by atoms with van der Waals surface area (Å²) >= 11 is 6.75. The Morgan fingerprint density at radius 2 is 1.96 bits per heavy atom. The number of carbonyl (C=O) groups excluding carboxylic acids is 1. The average molecular weight is 380 g/mol. The van der Waals surface area contributed by atoms with E-state index in [2.05, 4.69) is 39.8 Å². The standard InChI is InChI=1S/C22H34ClNO2/c1-16(8-7-9-17(2)20(25)26-6)10-11-18-12-14-22(5,23)19(13-15-24)21(18,3)4/h9-10,18-19H,7-8,11-14H2,1-6H3/b16-10+,17-9+/t18-,19-,22-/m1/s1. The lowest BCUT2D eigenvalue weighted by Crippen LogP contribution is -2.48. The van der Waals surface area contributed by atoms with E-state index >= 15 is 0 Å². The molecule has 0 spiro atoms. The molecule has 0 saturated heterocycles. The summed E-state index contributed by atoms with van der Waals surface area (Å²) in [4.78, 5) is 11.1. The van der Waals surface area contributed by atoms with Crippen molar-refractivity contribution in [3.8, 4) is 6.07 Å². The molecule has 0 aliphatic heterocycles. The van der Waals surface area contributed by atoms with Crippen LogP contribution < -0.4 is 0 Å². The van der Waals surface area contributed by atoms with Gasteiger partial charge in [-0.2, -0.15) is 5.26 Å². The number of esters is 1. The Morgan fingerprint density at radius 1 is 1.31 bits per heavy atom. The third kappa shape index (κ3) is 5.88. The van der Waals surface area contributed by atoms with Gasteiger partial charge in [-0.05, 0) is 70.1 Å². The molecule has 3 nitrogen and oxygen atoms in total. The van der Waals surface area contributed by atoms with Crippen molar-refractivity contribution in [3.63, 3.8) is 0 Å². The number of allylic oxidation sites excluding steroid dienone is 3. The molecule has 1 saturated carbocycles. The fourth-order valence-electron chi connectivity index (χ4n) is 4.26. The van der Waals surface area contributed by atoms with Gasteiger partial charge in [-0.25, -0.2) is 4.79 Å². The summed E-state index contributed by atoms with van der Waals surface area (Å²) in [7, 11) is 1.40. The van der Waals surface area contributed by atoms with Crippen molar-refractivity contribution >= 4 is 17.6 Å². The zero-order valence-electron chi connectivity index (χ0n) is 17.2. The highest BCUT2D eigenvalue weighted by molar-refractivity contribution is 6.24. The van der Waals surface area contributed by atoms with Gasteiger partial charge in [0.05, 0.1) is 13.2 Å². The smallest absolute Gasteiger partial charge is 0.333 e. The number of methoxy groups -OCH3 is 1. The Kier molecular flexibility index (Phi) is 8.41. The summed E-state index contributed by atoms with van der Waals surface area (Å²) in [5, 5.41) is 9.23. The average Bonchev–Trinajstić information content (AvgIpc) is 2.56. The zero-order chi connectivity index (χ0) is 20.0. The molecule has 0 unspecified atom stereocenters. The van der Waals surface area contributed by atoms with Gasteiger partial charge in [-0.3, -0.25) is 0 Å². The number of nitriles is 1. The highest BCUT2D eigenvalue weighted by atomic mass is 35.5. The number of hydrogen-bond acceptors (Lipinski definition) is 3. The molecule has 0 amide bonds. The van der Waals surface area contributed by atoms with E-state index in [4.69, 9.17) is 16.3 Å². The highest BCUT2D eigenvalue weighted by Crippen LogP contribution is 2.54. The molecule has 1 aliphatic rings. The fraction of sp³-hybridized carbons (Fsp3) is 0.727. The summed E-state index contributed by atoms with van der Waals surface area (Å²) in [5.41, 5.74) is 2.04. The number of hydrogen-bond donors (Lipinski definition) is 0. The Balaban J connectivity index is 2.69. The summed E-state index contributed by atoms with van der Waals surface area (Å²) in [5.74, 6) is 0.484. The van der Waals surface area contributed by atoms with E-state index in [1.54, 1.807) is 6.92 Å². The Hall–Kier alpha value is -1.27. The largest absolute Gasteiger partial charge is 0.466 e. The molecular formula is C22H34ClNO2. The number of alkyl halides is 1. The number of nitrogens with zero attached hydrogens (tertiary/aromatic N) is 1. The Labute approximate surface area is 164 Å². The summed E-state index contributed by atoms with van der Waals surface area (Å²) in [6.07, 6.45) is 9.65. The molecule has 0 radical (unpaired) electrons. The van der Waals surface area contributed by atoms with Crippen LogP contribution in [0.2, 0.25) is 0 Å². The van der Waals surface area contributed by atoms with Crippen molar-refractivity contribution in [2.24, 2.45) is 17.3 Å². The van der Waals surface area contributed by atoms with Crippen LogP contribution in [0.15, 0.2) is 23.3 Å². The maximum Gasteiger partial charge on any atom is 0.333 e. The first-order chi connectivity index (χ1) is 12.1. The van der Waals surface area contributed by atoms with E-state index in [9.17, 15) is 10.1 Å². The molecule has 0 N–H and O–H groups in total. The van der Waals surface area contributed by atoms with Gasteiger partial charge >= 0.3 is 5.97 Å². The second-order valence-corrected chi connectivity index (χ2v) is 9.32. The van der Waals surface area contributed by atoms with E-state index in [0.29, 0.717) is 17.9 Å². The molecule has 1 fully saturated rings. The second kappa shape index (κ2) is 9.60. The molecule has 0 bridgehead atoms. The maximum atomic E-state index is 11.4. The Bertz CT molecular complexity index is 596. The van der Waals surface area contributed by atoms with Gasteiger partial charge in [0, 0.05) is 16.9 Å². The lowest BCUT2D eigenvalue weighted by molar-refractivity contribution is -0.136. The van der Waals surface area contributed by atoms with Gasteiger partial charge in [0.15, 0.2) is 0 Å². The van der Waals surface area contributed by atoms with Crippen molar-refractivity contribution in [3.05, 3.63) is 23.3 Å².